The SMILES string of the molecule is CN(C)CCCN1CC[C@@H](N)C1. The van der Waals surface area contributed by atoms with Crippen LogP contribution >= 0.6 is 0 Å². The van der Waals surface area contributed by atoms with E-state index < -0.39 is 0 Å². The minimum Gasteiger partial charge on any atom is -0.326 e. The zero-order valence-corrected chi connectivity index (χ0v) is 8.29. The Morgan fingerprint density at radius 2 is 2.25 bits per heavy atom. The Kier molecular flexibility index (Phi) is 3.98. The number of likely N-dealkylation sites (tertiary alicyclic amines) is 1. The Labute approximate surface area is 75.5 Å². The molecule has 1 rings (SSSR count). The van der Waals surface area contributed by atoms with Crippen LogP contribution in [-0.4, -0.2) is 56.1 Å². The van der Waals surface area contributed by atoms with Crippen molar-refractivity contribution in [2.45, 2.75) is 18.9 Å². The van der Waals surface area contributed by atoms with Crippen LogP contribution in [0.1, 0.15) is 12.8 Å². The fourth-order valence-corrected chi connectivity index (χ4v) is 1.68. The summed E-state index contributed by atoms with van der Waals surface area (Å²) >= 11 is 0. The zero-order valence-electron chi connectivity index (χ0n) is 8.29. The van der Waals surface area contributed by atoms with Crippen LogP contribution in [0.15, 0.2) is 0 Å². The highest BCUT2D eigenvalue weighted by Crippen LogP contribution is 2.06. The van der Waals surface area contributed by atoms with Crippen molar-refractivity contribution in [2.24, 2.45) is 5.73 Å². The maximum atomic E-state index is 5.80. The van der Waals surface area contributed by atoms with E-state index in [2.05, 4.69) is 23.9 Å². The smallest absolute Gasteiger partial charge is 0.0180 e. The maximum Gasteiger partial charge on any atom is 0.0180 e. The quantitative estimate of drug-likeness (QED) is 0.645. The van der Waals surface area contributed by atoms with Gasteiger partial charge >= 0.3 is 0 Å². The summed E-state index contributed by atoms with van der Waals surface area (Å²) in [4.78, 5) is 4.70. The van der Waals surface area contributed by atoms with Crippen molar-refractivity contribution in [3.63, 3.8) is 0 Å². The van der Waals surface area contributed by atoms with E-state index in [-0.39, 0.29) is 0 Å². The van der Waals surface area contributed by atoms with Crippen molar-refractivity contribution in [1.29, 1.82) is 0 Å². The molecule has 0 aromatic heterocycles. The molecular weight excluding hydrogens is 150 g/mol. The molecule has 0 saturated carbocycles. The van der Waals surface area contributed by atoms with Crippen molar-refractivity contribution in [1.82, 2.24) is 9.80 Å². The summed E-state index contributed by atoms with van der Waals surface area (Å²) in [5.74, 6) is 0. The van der Waals surface area contributed by atoms with Crippen LogP contribution < -0.4 is 5.73 Å². The molecule has 0 aliphatic carbocycles. The van der Waals surface area contributed by atoms with Gasteiger partial charge in [0, 0.05) is 12.6 Å². The number of hydrogen-bond donors (Lipinski definition) is 1. The molecule has 0 unspecified atom stereocenters. The summed E-state index contributed by atoms with van der Waals surface area (Å²) in [6, 6.07) is 0.435. The topological polar surface area (TPSA) is 32.5 Å². The number of hydrogen-bond acceptors (Lipinski definition) is 3. The van der Waals surface area contributed by atoms with Crippen LogP contribution in [0.3, 0.4) is 0 Å². The molecule has 1 fully saturated rings. The van der Waals surface area contributed by atoms with Crippen molar-refractivity contribution >= 4 is 0 Å². The highest BCUT2D eigenvalue weighted by molar-refractivity contribution is 4.77. The number of nitrogens with zero attached hydrogens (tertiary/aromatic N) is 2. The third-order valence-electron chi connectivity index (χ3n) is 2.39. The van der Waals surface area contributed by atoms with E-state index >= 15 is 0 Å². The lowest BCUT2D eigenvalue weighted by atomic mass is 10.3. The van der Waals surface area contributed by atoms with Crippen LogP contribution in [0.25, 0.3) is 0 Å². The standard InChI is InChI=1S/C9H21N3/c1-11(2)5-3-6-12-7-4-9(10)8-12/h9H,3-8,10H2,1-2H3/t9-/m1/s1. The number of nitrogens with two attached hydrogens (primary N) is 1. The van der Waals surface area contributed by atoms with Crippen LogP contribution in [0.4, 0.5) is 0 Å². The third-order valence-corrected chi connectivity index (χ3v) is 2.39. The molecule has 12 heavy (non-hydrogen) atoms. The summed E-state index contributed by atoms with van der Waals surface area (Å²) in [6.07, 6.45) is 2.45. The molecule has 0 radical (unpaired) electrons. The first-order chi connectivity index (χ1) is 5.68. The van der Waals surface area contributed by atoms with Crippen molar-refractivity contribution in [2.75, 3.05) is 40.3 Å². The predicted molar refractivity (Wildman–Crippen MR) is 52.2 cm³/mol. The maximum absolute atomic E-state index is 5.80. The molecule has 2 N–H and O–H groups in total. The van der Waals surface area contributed by atoms with Gasteiger partial charge in [-0.15, -0.1) is 0 Å². The normalized spacial score (nSPS) is 25.5. The predicted octanol–water partition coefficient (Wildman–Crippen LogP) is -0.0289. The molecule has 0 amide bonds. The Bertz CT molecular complexity index is 125. The van der Waals surface area contributed by atoms with E-state index in [1.807, 2.05) is 0 Å². The summed E-state index contributed by atoms with van der Waals surface area (Å²) in [5.41, 5.74) is 5.80. The van der Waals surface area contributed by atoms with Crippen LogP contribution in [0, 0.1) is 0 Å². The van der Waals surface area contributed by atoms with Crippen LogP contribution in [-0.2, 0) is 0 Å². The molecule has 3 nitrogen and oxygen atoms in total. The lowest BCUT2D eigenvalue weighted by molar-refractivity contribution is 0.300. The second kappa shape index (κ2) is 4.80. The Morgan fingerprint density at radius 3 is 2.75 bits per heavy atom. The minimum atomic E-state index is 0.435. The fraction of sp³-hybridized carbons (Fsp3) is 1.00. The molecule has 0 aromatic carbocycles. The molecular formula is C9H21N3. The van der Waals surface area contributed by atoms with E-state index in [1.165, 1.54) is 32.5 Å². The molecule has 72 valence electrons. The highest BCUT2D eigenvalue weighted by atomic mass is 15.2. The lowest BCUT2D eigenvalue weighted by Crippen LogP contribution is -2.28. The first kappa shape index (κ1) is 9.96. The van der Waals surface area contributed by atoms with Crippen molar-refractivity contribution in [3.05, 3.63) is 0 Å². The minimum absolute atomic E-state index is 0.435. The molecule has 0 aromatic rings. The Balaban J connectivity index is 2.00. The largest absolute Gasteiger partial charge is 0.326 e. The fourth-order valence-electron chi connectivity index (χ4n) is 1.68. The summed E-state index contributed by atoms with van der Waals surface area (Å²) < 4.78 is 0. The van der Waals surface area contributed by atoms with Gasteiger partial charge in [-0.25, -0.2) is 0 Å². The van der Waals surface area contributed by atoms with Crippen LogP contribution in [0.5, 0.6) is 0 Å². The van der Waals surface area contributed by atoms with Crippen molar-refractivity contribution in [3.8, 4) is 0 Å². The molecule has 0 spiro atoms. The van der Waals surface area contributed by atoms with E-state index in [0.717, 1.165) is 6.54 Å². The van der Waals surface area contributed by atoms with Gasteiger partial charge in [0.05, 0.1) is 0 Å². The number of rotatable bonds is 4. The molecule has 1 aliphatic heterocycles. The van der Waals surface area contributed by atoms with E-state index in [9.17, 15) is 0 Å². The Morgan fingerprint density at radius 1 is 1.50 bits per heavy atom. The molecule has 1 saturated heterocycles. The van der Waals surface area contributed by atoms with E-state index in [1.54, 1.807) is 0 Å². The average Bonchev–Trinajstić information content (AvgIpc) is 2.35. The average molecular weight is 171 g/mol. The molecule has 1 atom stereocenters. The summed E-state index contributed by atoms with van der Waals surface area (Å²) in [7, 11) is 4.24. The second-order valence-corrected chi connectivity index (χ2v) is 4.01. The van der Waals surface area contributed by atoms with E-state index in [0.29, 0.717) is 6.04 Å². The first-order valence-electron chi connectivity index (χ1n) is 4.81. The van der Waals surface area contributed by atoms with Gasteiger partial charge in [0.15, 0.2) is 0 Å². The van der Waals surface area contributed by atoms with Gasteiger partial charge in [-0.05, 0) is 46.6 Å². The van der Waals surface area contributed by atoms with E-state index in [4.69, 9.17) is 5.73 Å². The van der Waals surface area contributed by atoms with Gasteiger partial charge in [-0.3, -0.25) is 0 Å². The molecule has 3 heteroatoms. The van der Waals surface area contributed by atoms with Gasteiger partial charge < -0.3 is 15.5 Å². The molecule has 0 bridgehead atoms. The first-order valence-corrected chi connectivity index (χ1v) is 4.81. The van der Waals surface area contributed by atoms with Gasteiger partial charge in [0.2, 0.25) is 0 Å². The summed E-state index contributed by atoms with van der Waals surface area (Å²) in [5, 5.41) is 0. The Hall–Kier alpha value is -0.120. The van der Waals surface area contributed by atoms with Crippen molar-refractivity contribution < 1.29 is 0 Å². The van der Waals surface area contributed by atoms with Gasteiger partial charge in [0.25, 0.3) is 0 Å². The monoisotopic (exact) mass is 171 g/mol. The molecule has 1 aliphatic rings. The zero-order chi connectivity index (χ0) is 8.97. The van der Waals surface area contributed by atoms with Gasteiger partial charge in [-0.2, -0.15) is 0 Å². The second-order valence-electron chi connectivity index (χ2n) is 4.01. The summed E-state index contributed by atoms with van der Waals surface area (Å²) in [6.45, 7) is 4.71. The van der Waals surface area contributed by atoms with Gasteiger partial charge in [-0.1, -0.05) is 0 Å². The lowest BCUT2D eigenvalue weighted by Gasteiger charge is -2.16. The third kappa shape index (κ3) is 3.52. The van der Waals surface area contributed by atoms with Gasteiger partial charge in [0.1, 0.15) is 0 Å². The van der Waals surface area contributed by atoms with Crippen LogP contribution in [0.2, 0.25) is 0 Å². The molecule has 1 heterocycles. The highest BCUT2D eigenvalue weighted by Gasteiger charge is 2.17.